The summed E-state index contributed by atoms with van der Waals surface area (Å²) in [6.45, 7) is 12.0. The average Bonchev–Trinajstić information content (AvgIpc) is 0.764. The number of benzene rings is 14. The normalized spacial score (nSPS) is 11.5. The van der Waals surface area contributed by atoms with E-state index in [2.05, 4.69) is 23.1 Å². The second-order valence-corrected chi connectivity index (χ2v) is 25.7. The Balaban J connectivity index is 0.000000154. The van der Waals surface area contributed by atoms with E-state index >= 15 is 0 Å². The first-order valence-electron chi connectivity index (χ1n) is 32.5. The van der Waals surface area contributed by atoms with Crippen LogP contribution >= 0.6 is 7.60 Å². The van der Waals surface area contributed by atoms with Gasteiger partial charge in [-0.2, -0.15) is 42.1 Å². The third-order valence-corrected chi connectivity index (χ3v) is 19.5. The van der Waals surface area contributed by atoms with E-state index in [0.29, 0.717) is 50.1 Å². The summed E-state index contributed by atoms with van der Waals surface area (Å²) in [4.78, 5) is 18.7. The van der Waals surface area contributed by atoms with Gasteiger partial charge in [0.15, 0.2) is 0 Å². The summed E-state index contributed by atoms with van der Waals surface area (Å²) < 4.78 is 103. The van der Waals surface area contributed by atoms with Crippen LogP contribution in [0.2, 0.25) is 0 Å². The average molecular weight is 1390 g/mol. The van der Waals surface area contributed by atoms with E-state index in [1.165, 1.54) is 24.3 Å². The zero-order valence-electron chi connectivity index (χ0n) is 55.3. The third kappa shape index (κ3) is 15.0. The SMILES string of the molecule is CCOP(=O)(Cc1ccc2c(C#N)c3ccccc3c(C#N)c2c1)OCC.O=Cc1ccc(N(c2ccc(C(F)(F)F)cc2)c2cccc3ccccc23)cc1.[C-]#[N+]c1c2ccccc2c(C#N)c2ccc(C=Cc3ccc(N(c4ccc(C(F)(F)F)cc4)c4cccc5ccccc45)cc3)cc12. The van der Waals surface area contributed by atoms with Crippen LogP contribution in [0.15, 0.2) is 267 Å². The van der Waals surface area contributed by atoms with Crippen molar-refractivity contribution in [1.29, 1.82) is 15.8 Å². The van der Waals surface area contributed by atoms with Gasteiger partial charge in [0, 0.05) is 60.6 Å². The predicted molar refractivity (Wildman–Crippen MR) is 399 cm³/mol. The Hall–Kier alpha value is -12.7. The minimum absolute atomic E-state index is 0.115. The van der Waals surface area contributed by atoms with Crippen LogP contribution in [0.25, 0.3) is 81.6 Å². The third-order valence-electron chi connectivity index (χ3n) is 17.4. The molecule has 14 aromatic carbocycles. The van der Waals surface area contributed by atoms with Crippen molar-refractivity contribution < 1.29 is 44.7 Å². The molecule has 0 spiro atoms. The molecular formula is C86H59F6N6O4P. The van der Waals surface area contributed by atoms with Crippen molar-refractivity contribution in [3.05, 3.63) is 328 Å². The molecular weight excluding hydrogens is 1330 g/mol. The standard InChI is InChI=1S/C41H24F3N3.C24H16F3NO.C21H19N2O3P/c1-46-40-36-11-5-4-10-34(36)38(26-45)35-24-17-28(25-37(35)40)14-13-27-15-20-31(21-16-27)47(32-22-18-30(19-23-32)41(42,43)44)39-12-6-8-29-7-2-3-9-33(29)39;25-24(26,27)19-10-14-21(15-11-19)28(20-12-8-17(16-29)9-13-20)23-7-3-5-18-4-1-2-6-22(18)23;1-3-25-27(24,26-4-2)14-15-9-10-18-19(11-15)21(13-23)17-8-6-5-7-16(17)20(18)12-22/h2-25H;1-16H;5-11H,3-4,14H2,1-2H3. The van der Waals surface area contributed by atoms with Gasteiger partial charge in [-0.25, -0.2) is 4.85 Å². The molecule has 0 fully saturated rings. The monoisotopic (exact) mass is 1380 g/mol. The van der Waals surface area contributed by atoms with Gasteiger partial charge >= 0.3 is 19.9 Å². The summed E-state index contributed by atoms with van der Waals surface area (Å²) in [5.41, 5.74) is 8.19. The summed E-state index contributed by atoms with van der Waals surface area (Å²) in [6, 6.07) is 85.4. The van der Waals surface area contributed by atoms with Crippen LogP contribution in [0, 0.1) is 40.6 Å². The maximum absolute atomic E-state index is 13.4. The molecule has 0 aliphatic carbocycles. The Bertz CT molecular complexity index is 5780. The Morgan fingerprint density at radius 2 is 0.777 bits per heavy atom. The van der Waals surface area contributed by atoms with E-state index < -0.39 is 31.1 Å². The van der Waals surface area contributed by atoms with Crippen molar-refractivity contribution in [2.24, 2.45) is 0 Å². The van der Waals surface area contributed by atoms with Gasteiger partial charge in [0.05, 0.1) is 65.1 Å². The number of halogens is 6. The molecule has 0 radical (unpaired) electrons. The van der Waals surface area contributed by atoms with E-state index in [0.717, 1.165) is 124 Å². The Kier molecular flexibility index (Phi) is 20.8. The number of rotatable bonds is 15. The molecule has 17 heteroatoms. The number of alkyl halides is 6. The number of hydrogen-bond donors (Lipinski definition) is 0. The summed E-state index contributed by atoms with van der Waals surface area (Å²) in [5, 5.41) is 39.2. The number of aldehydes is 1. The van der Waals surface area contributed by atoms with Crippen molar-refractivity contribution in [1.82, 2.24) is 0 Å². The van der Waals surface area contributed by atoms with Crippen molar-refractivity contribution in [3.8, 4) is 18.2 Å². The Morgan fingerprint density at radius 3 is 1.21 bits per heavy atom. The fraction of sp³-hybridized carbons (Fsp3) is 0.0814. The van der Waals surface area contributed by atoms with Gasteiger partial charge in [-0.05, 0) is 166 Å². The number of anilines is 6. The van der Waals surface area contributed by atoms with E-state index in [9.17, 15) is 51.5 Å². The molecule has 14 aromatic rings. The molecule has 0 saturated carbocycles. The molecule has 103 heavy (non-hydrogen) atoms. The number of hydrogen-bond acceptors (Lipinski definition) is 9. The topological polar surface area (TPSA) is 135 Å². The van der Waals surface area contributed by atoms with Gasteiger partial charge in [0.2, 0.25) is 5.69 Å². The van der Waals surface area contributed by atoms with Crippen LogP contribution < -0.4 is 9.80 Å². The van der Waals surface area contributed by atoms with Crippen molar-refractivity contribution >= 4 is 130 Å². The highest BCUT2D eigenvalue weighted by molar-refractivity contribution is 7.53. The first-order valence-corrected chi connectivity index (χ1v) is 34.3. The maximum atomic E-state index is 13.4. The Morgan fingerprint density at radius 1 is 0.417 bits per heavy atom. The molecule has 14 rings (SSSR count). The minimum Gasteiger partial charge on any atom is -0.310 e. The van der Waals surface area contributed by atoms with Crippen LogP contribution in [-0.4, -0.2) is 19.5 Å². The van der Waals surface area contributed by atoms with Crippen LogP contribution in [0.1, 0.15) is 68.7 Å². The lowest BCUT2D eigenvalue weighted by atomic mass is 9.92. The molecule has 0 aromatic heterocycles. The lowest BCUT2D eigenvalue weighted by Gasteiger charge is -2.27. The lowest BCUT2D eigenvalue weighted by Crippen LogP contribution is -2.11. The molecule has 0 saturated heterocycles. The van der Waals surface area contributed by atoms with Crippen LogP contribution in [0.4, 0.5) is 66.2 Å². The zero-order chi connectivity index (χ0) is 72.4. The molecule has 0 bridgehead atoms. The van der Waals surface area contributed by atoms with E-state index in [4.69, 9.17) is 15.6 Å². The Labute approximate surface area is 589 Å². The first-order chi connectivity index (χ1) is 49.9. The highest BCUT2D eigenvalue weighted by atomic mass is 31.2. The van der Waals surface area contributed by atoms with Crippen molar-refractivity contribution in [2.75, 3.05) is 23.0 Å². The highest BCUT2D eigenvalue weighted by Gasteiger charge is 2.32. The largest absolute Gasteiger partial charge is 0.416 e. The highest BCUT2D eigenvalue weighted by Crippen LogP contribution is 2.52. The maximum Gasteiger partial charge on any atom is 0.416 e. The number of fused-ring (bicyclic) bond motifs is 6. The van der Waals surface area contributed by atoms with Crippen LogP contribution in [0.5, 0.6) is 0 Å². The molecule has 0 unspecified atom stereocenters. The summed E-state index contributed by atoms with van der Waals surface area (Å²) in [7, 11) is -3.26. The van der Waals surface area contributed by atoms with Crippen molar-refractivity contribution in [3.63, 3.8) is 0 Å². The summed E-state index contributed by atoms with van der Waals surface area (Å²) >= 11 is 0. The molecule has 0 atom stereocenters. The van der Waals surface area contributed by atoms with Gasteiger partial charge in [-0.1, -0.05) is 176 Å². The quantitative estimate of drug-likeness (QED) is 0.0245. The predicted octanol–water partition coefficient (Wildman–Crippen LogP) is 24.9. The zero-order valence-corrected chi connectivity index (χ0v) is 56.2. The molecule has 504 valence electrons. The van der Waals surface area contributed by atoms with Crippen molar-refractivity contribution in [2.45, 2.75) is 32.4 Å². The molecule has 0 N–H and O–H groups in total. The number of nitrogens with zero attached hydrogens (tertiary/aromatic N) is 6. The fourth-order valence-electron chi connectivity index (χ4n) is 12.7. The van der Waals surface area contributed by atoms with E-state index in [1.54, 1.807) is 44.2 Å². The van der Waals surface area contributed by atoms with E-state index in [-0.39, 0.29) is 19.4 Å². The summed E-state index contributed by atoms with van der Waals surface area (Å²) in [6.07, 6.45) is -4.02. The van der Waals surface area contributed by atoms with Gasteiger partial charge in [-0.3, -0.25) is 9.36 Å². The number of carbonyl (C=O) groups excluding carboxylic acids is 1. The van der Waals surface area contributed by atoms with Gasteiger partial charge in [0.25, 0.3) is 0 Å². The minimum atomic E-state index is -4.43. The second kappa shape index (κ2) is 30.4. The smallest absolute Gasteiger partial charge is 0.310 e. The number of nitriles is 3. The molecule has 0 heterocycles. The summed E-state index contributed by atoms with van der Waals surface area (Å²) in [5.74, 6) is 0. The molecule has 10 nitrogen and oxygen atoms in total. The van der Waals surface area contributed by atoms with Crippen LogP contribution in [0.3, 0.4) is 0 Å². The molecule has 0 amide bonds. The molecule has 0 aliphatic rings. The second-order valence-electron chi connectivity index (χ2n) is 23.7. The molecule has 0 aliphatic heterocycles. The lowest BCUT2D eigenvalue weighted by molar-refractivity contribution is -0.138. The van der Waals surface area contributed by atoms with Gasteiger partial charge < -0.3 is 18.8 Å². The number of carbonyl (C=O) groups is 1. The van der Waals surface area contributed by atoms with Gasteiger partial charge in [-0.15, -0.1) is 0 Å². The first kappa shape index (κ1) is 70.2. The van der Waals surface area contributed by atoms with Gasteiger partial charge in [0.1, 0.15) is 24.5 Å². The fourth-order valence-corrected chi connectivity index (χ4v) is 14.4. The van der Waals surface area contributed by atoms with Crippen LogP contribution in [-0.2, 0) is 32.1 Å². The van der Waals surface area contributed by atoms with E-state index in [1.807, 2.05) is 210 Å².